The molecule has 0 unspecified atom stereocenters. The van der Waals surface area contributed by atoms with Gasteiger partial charge < -0.3 is 9.47 Å². The van der Waals surface area contributed by atoms with E-state index in [4.69, 9.17) is 9.47 Å². The minimum absolute atomic E-state index is 0.269. The molecule has 1 atom stereocenters. The molecule has 3 aromatic rings. The number of amides is 1. The van der Waals surface area contributed by atoms with E-state index < -0.39 is 6.10 Å². The molecule has 0 spiro atoms. The zero-order chi connectivity index (χ0) is 19.2. The molecule has 2 aromatic carbocycles. The topological polar surface area (TPSA) is 73.3 Å². The number of benzene rings is 2. The number of carbonyl (C=O) groups is 1. The van der Waals surface area contributed by atoms with Gasteiger partial charge in [-0.2, -0.15) is 0 Å². The van der Waals surface area contributed by atoms with E-state index in [9.17, 15) is 4.79 Å². The molecule has 6 nitrogen and oxygen atoms in total. The van der Waals surface area contributed by atoms with Crippen molar-refractivity contribution in [1.82, 2.24) is 10.2 Å². The summed E-state index contributed by atoms with van der Waals surface area (Å²) in [7, 11) is 1.57. The number of methoxy groups -OCH3 is 1. The van der Waals surface area contributed by atoms with Crippen molar-refractivity contribution in [3.63, 3.8) is 0 Å². The molecule has 0 fully saturated rings. The average molecular weight is 383 g/mol. The van der Waals surface area contributed by atoms with Crippen molar-refractivity contribution in [2.24, 2.45) is 0 Å². The summed E-state index contributed by atoms with van der Waals surface area (Å²) in [6, 6.07) is 15.3. The summed E-state index contributed by atoms with van der Waals surface area (Å²) in [4.78, 5) is 12.6. The normalized spacial score (nSPS) is 11.7. The molecule has 0 saturated heterocycles. The van der Waals surface area contributed by atoms with E-state index in [0.717, 1.165) is 10.6 Å². The standard InChI is InChI=1S/C20H21N3O3S/c1-4-15(26-17-8-6-5-7-16(17)25-3)18(24)21-20-23-22-19(27-20)14-11-9-13(2)10-12-14/h5-12,15H,4H2,1-3H3,(H,21,23,24)/t15-/m0/s1. The fourth-order valence-corrected chi connectivity index (χ4v) is 3.22. The Hall–Kier alpha value is -2.93. The Morgan fingerprint density at radius 1 is 1.11 bits per heavy atom. The first-order chi connectivity index (χ1) is 13.1. The molecule has 1 heterocycles. The summed E-state index contributed by atoms with van der Waals surface area (Å²) < 4.78 is 11.1. The van der Waals surface area contributed by atoms with Crippen molar-refractivity contribution in [1.29, 1.82) is 0 Å². The minimum atomic E-state index is -0.659. The monoisotopic (exact) mass is 383 g/mol. The third-order valence-corrected chi connectivity index (χ3v) is 4.84. The molecule has 1 amide bonds. The third kappa shape index (κ3) is 4.62. The smallest absolute Gasteiger partial charge is 0.267 e. The highest BCUT2D eigenvalue weighted by Crippen LogP contribution is 2.29. The van der Waals surface area contributed by atoms with E-state index in [1.54, 1.807) is 19.2 Å². The van der Waals surface area contributed by atoms with Gasteiger partial charge in [-0.15, -0.1) is 10.2 Å². The number of para-hydroxylation sites is 2. The second-order valence-corrected chi connectivity index (χ2v) is 6.91. The average Bonchev–Trinajstić information content (AvgIpc) is 3.15. The lowest BCUT2D eigenvalue weighted by molar-refractivity contribution is -0.122. The summed E-state index contributed by atoms with van der Waals surface area (Å²) >= 11 is 1.33. The van der Waals surface area contributed by atoms with Gasteiger partial charge in [0.05, 0.1) is 7.11 Å². The molecule has 27 heavy (non-hydrogen) atoms. The van der Waals surface area contributed by atoms with Crippen LogP contribution in [0.1, 0.15) is 18.9 Å². The number of aryl methyl sites for hydroxylation is 1. The zero-order valence-electron chi connectivity index (χ0n) is 15.4. The van der Waals surface area contributed by atoms with Crippen LogP contribution in [0.25, 0.3) is 10.6 Å². The molecule has 7 heteroatoms. The fourth-order valence-electron chi connectivity index (χ4n) is 2.46. The van der Waals surface area contributed by atoms with Gasteiger partial charge in [-0.25, -0.2) is 0 Å². The number of nitrogens with zero attached hydrogens (tertiary/aromatic N) is 2. The predicted octanol–water partition coefficient (Wildman–Crippen LogP) is 4.32. The van der Waals surface area contributed by atoms with Crippen molar-refractivity contribution >= 4 is 22.4 Å². The van der Waals surface area contributed by atoms with Gasteiger partial charge in [-0.1, -0.05) is 60.2 Å². The van der Waals surface area contributed by atoms with Crippen molar-refractivity contribution in [3.05, 3.63) is 54.1 Å². The predicted molar refractivity (Wildman–Crippen MR) is 106 cm³/mol. The highest BCUT2D eigenvalue weighted by atomic mass is 32.1. The number of hydrogen-bond donors (Lipinski definition) is 1. The van der Waals surface area contributed by atoms with Crippen LogP contribution >= 0.6 is 11.3 Å². The maximum Gasteiger partial charge on any atom is 0.267 e. The van der Waals surface area contributed by atoms with Gasteiger partial charge in [0.2, 0.25) is 5.13 Å². The Labute approximate surface area is 162 Å². The highest BCUT2D eigenvalue weighted by Gasteiger charge is 2.21. The lowest BCUT2D eigenvalue weighted by Gasteiger charge is -2.18. The van der Waals surface area contributed by atoms with Gasteiger partial charge in [0.1, 0.15) is 5.01 Å². The number of aromatic nitrogens is 2. The highest BCUT2D eigenvalue weighted by molar-refractivity contribution is 7.18. The largest absolute Gasteiger partial charge is 0.493 e. The summed E-state index contributed by atoms with van der Waals surface area (Å²) in [5.74, 6) is 0.843. The molecule has 3 rings (SSSR count). The molecule has 0 aliphatic rings. The van der Waals surface area contributed by atoms with Gasteiger partial charge in [-0.05, 0) is 25.5 Å². The van der Waals surface area contributed by atoms with Crippen LogP contribution in [0.2, 0.25) is 0 Å². The number of carbonyl (C=O) groups excluding carboxylic acids is 1. The number of hydrogen-bond acceptors (Lipinski definition) is 6. The summed E-state index contributed by atoms with van der Waals surface area (Å²) in [5.41, 5.74) is 2.15. The molecule has 140 valence electrons. The molecule has 0 aliphatic carbocycles. The van der Waals surface area contributed by atoms with Crippen LogP contribution in [0.5, 0.6) is 11.5 Å². The molecule has 0 bridgehead atoms. The Morgan fingerprint density at radius 2 is 1.81 bits per heavy atom. The molecule has 0 radical (unpaired) electrons. The summed E-state index contributed by atoms with van der Waals surface area (Å²) in [6.45, 7) is 3.92. The molecule has 0 saturated carbocycles. The van der Waals surface area contributed by atoms with E-state index in [1.807, 2.05) is 50.2 Å². The first-order valence-corrected chi connectivity index (χ1v) is 9.43. The molecular weight excluding hydrogens is 362 g/mol. The number of nitrogens with one attached hydrogen (secondary N) is 1. The number of ether oxygens (including phenoxy) is 2. The van der Waals surface area contributed by atoms with Crippen LogP contribution in [0, 0.1) is 6.92 Å². The van der Waals surface area contributed by atoms with Gasteiger partial charge >= 0.3 is 0 Å². The Balaban J connectivity index is 1.69. The number of rotatable bonds is 7. The zero-order valence-corrected chi connectivity index (χ0v) is 16.2. The van der Waals surface area contributed by atoms with Crippen LogP contribution < -0.4 is 14.8 Å². The maximum absolute atomic E-state index is 12.6. The Kier molecular flexibility index (Phi) is 6.03. The first kappa shape index (κ1) is 18.8. The molecule has 1 N–H and O–H groups in total. The van der Waals surface area contributed by atoms with Crippen LogP contribution in [-0.4, -0.2) is 29.3 Å². The molecule has 0 aliphatic heterocycles. The quantitative estimate of drug-likeness (QED) is 0.658. The Morgan fingerprint density at radius 3 is 2.48 bits per heavy atom. The van der Waals surface area contributed by atoms with Crippen molar-refractivity contribution in [2.75, 3.05) is 12.4 Å². The van der Waals surface area contributed by atoms with Crippen molar-refractivity contribution < 1.29 is 14.3 Å². The van der Waals surface area contributed by atoms with Gasteiger partial charge in [-0.3, -0.25) is 10.1 Å². The lowest BCUT2D eigenvalue weighted by atomic mass is 10.2. The van der Waals surface area contributed by atoms with Crippen LogP contribution in [0.3, 0.4) is 0 Å². The van der Waals surface area contributed by atoms with E-state index in [1.165, 1.54) is 16.9 Å². The van der Waals surface area contributed by atoms with Crippen LogP contribution in [0.4, 0.5) is 5.13 Å². The van der Waals surface area contributed by atoms with Crippen molar-refractivity contribution in [3.8, 4) is 22.1 Å². The Bertz CT molecular complexity index is 909. The van der Waals surface area contributed by atoms with Crippen LogP contribution in [0.15, 0.2) is 48.5 Å². The summed E-state index contributed by atoms with van der Waals surface area (Å²) in [5, 5.41) is 12.2. The van der Waals surface area contributed by atoms with Crippen molar-refractivity contribution in [2.45, 2.75) is 26.4 Å². The molecular formula is C20H21N3O3S. The fraction of sp³-hybridized carbons (Fsp3) is 0.250. The second-order valence-electron chi connectivity index (χ2n) is 5.93. The van der Waals surface area contributed by atoms with E-state index in [-0.39, 0.29) is 5.91 Å². The van der Waals surface area contributed by atoms with E-state index in [0.29, 0.717) is 23.1 Å². The first-order valence-electron chi connectivity index (χ1n) is 8.61. The minimum Gasteiger partial charge on any atom is -0.493 e. The van der Waals surface area contributed by atoms with E-state index in [2.05, 4.69) is 15.5 Å². The second kappa shape index (κ2) is 8.64. The van der Waals surface area contributed by atoms with Gasteiger partial charge in [0.25, 0.3) is 5.91 Å². The van der Waals surface area contributed by atoms with Crippen LogP contribution in [-0.2, 0) is 4.79 Å². The third-order valence-electron chi connectivity index (χ3n) is 3.96. The SMILES string of the molecule is CC[C@H](Oc1ccccc1OC)C(=O)Nc1nnc(-c2ccc(C)cc2)s1. The number of anilines is 1. The maximum atomic E-state index is 12.6. The molecule has 1 aromatic heterocycles. The van der Waals surface area contributed by atoms with Gasteiger partial charge in [0.15, 0.2) is 17.6 Å². The summed E-state index contributed by atoms with van der Waals surface area (Å²) in [6.07, 6.45) is -0.152. The lowest BCUT2D eigenvalue weighted by Crippen LogP contribution is -2.32. The van der Waals surface area contributed by atoms with E-state index >= 15 is 0 Å². The van der Waals surface area contributed by atoms with Gasteiger partial charge in [0, 0.05) is 5.56 Å².